The maximum Gasteiger partial charge on any atom is 0.263 e. The Hall–Kier alpha value is -3.26. The van der Waals surface area contributed by atoms with Gasteiger partial charge in [0.2, 0.25) is 0 Å². The predicted octanol–water partition coefficient (Wildman–Crippen LogP) is 6.54. The topological polar surface area (TPSA) is 75.3 Å². The van der Waals surface area contributed by atoms with E-state index in [4.69, 9.17) is 11.6 Å². The Balaban J connectivity index is 1.58. The molecule has 0 bridgehead atoms. The van der Waals surface area contributed by atoms with Crippen molar-refractivity contribution in [2.24, 2.45) is 0 Å². The van der Waals surface area contributed by atoms with Crippen LogP contribution in [0.5, 0.6) is 0 Å². The van der Waals surface area contributed by atoms with E-state index in [0.717, 1.165) is 9.79 Å². The summed E-state index contributed by atoms with van der Waals surface area (Å²) in [4.78, 5) is 14.7. The van der Waals surface area contributed by atoms with Crippen LogP contribution in [0.15, 0.2) is 118 Å². The minimum absolute atomic E-state index is 0.0232. The van der Waals surface area contributed by atoms with Crippen LogP contribution < -0.4 is 10.0 Å². The Morgan fingerprint density at radius 1 is 0.788 bits per heavy atom. The van der Waals surface area contributed by atoms with E-state index in [0.29, 0.717) is 11.4 Å². The van der Waals surface area contributed by atoms with Crippen LogP contribution in [-0.4, -0.2) is 14.3 Å². The molecule has 0 unspecified atom stereocenters. The van der Waals surface area contributed by atoms with E-state index in [9.17, 15) is 13.2 Å². The van der Waals surface area contributed by atoms with E-state index in [-0.39, 0.29) is 15.5 Å². The highest BCUT2D eigenvalue weighted by Crippen LogP contribution is 2.33. The molecule has 0 fully saturated rings. The summed E-state index contributed by atoms with van der Waals surface area (Å²) in [7, 11) is -3.99. The van der Waals surface area contributed by atoms with Crippen LogP contribution in [0.1, 0.15) is 10.4 Å². The van der Waals surface area contributed by atoms with Crippen LogP contribution in [0.3, 0.4) is 0 Å². The molecule has 4 aromatic rings. The molecule has 0 radical (unpaired) electrons. The molecule has 0 saturated heterocycles. The smallest absolute Gasteiger partial charge is 0.263 e. The molecular formula is C25H19ClN2O3S2. The van der Waals surface area contributed by atoms with Crippen molar-refractivity contribution < 1.29 is 13.2 Å². The van der Waals surface area contributed by atoms with Crippen molar-refractivity contribution in [3.63, 3.8) is 0 Å². The number of rotatable bonds is 7. The first-order chi connectivity index (χ1) is 15.9. The van der Waals surface area contributed by atoms with Crippen LogP contribution in [-0.2, 0) is 10.0 Å². The van der Waals surface area contributed by atoms with Gasteiger partial charge in [-0.3, -0.25) is 9.52 Å². The summed E-state index contributed by atoms with van der Waals surface area (Å²) >= 11 is 7.69. The van der Waals surface area contributed by atoms with Gasteiger partial charge >= 0.3 is 0 Å². The van der Waals surface area contributed by atoms with Gasteiger partial charge in [0.1, 0.15) is 4.90 Å². The van der Waals surface area contributed by atoms with E-state index in [2.05, 4.69) is 10.0 Å². The van der Waals surface area contributed by atoms with Crippen LogP contribution in [0.2, 0.25) is 5.02 Å². The van der Waals surface area contributed by atoms with Gasteiger partial charge < -0.3 is 5.32 Å². The molecule has 0 aliphatic rings. The number of benzene rings is 4. The molecule has 5 nitrogen and oxygen atoms in total. The fourth-order valence-electron chi connectivity index (χ4n) is 3.04. The normalized spacial score (nSPS) is 11.1. The number of hydrogen-bond acceptors (Lipinski definition) is 4. The summed E-state index contributed by atoms with van der Waals surface area (Å²) in [6.45, 7) is 0. The molecule has 4 rings (SSSR count). The maximum absolute atomic E-state index is 13.0. The molecular weight excluding hydrogens is 476 g/mol. The summed E-state index contributed by atoms with van der Waals surface area (Å²) in [5, 5.41) is 2.90. The van der Waals surface area contributed by atoms with Gasteiger partial charge in [-0.2, -0.15) is 0 Å². The highest BCUT2D eigenvalue weighted by molar-refractivity contribution is 7.99. The van der Waals surface area contributed by atoms with Crippen LogP contribution >= 0.6 is 23.4 Å². The first kappa shape index (κ1) is 22.9. The lowest BCUT2D eigenvalue weighted by molar-refractivity contribution is 0.102. The first-order valence-corrected chi connectivity index (χ1v) is 12.6. The van der Waals surface area contributed by atoms with Crippen molar-refractivity contribution in [3.05, 3.63) is 114 Å². The predicted molar refractivity (Wildman–Crippen MR) is 134 cm³/mol. The van der Waals surface area contributed by atoms with Gasteiger partial charge in [-0.1, -0.05) is 71.9 Å². The Bertz CT molecular complexity index is 1380. The number of para-hydroxylation sites is 2. The lowest BCUT2D eigenvalue weighted by Gasteiger charge is -2.13. The highest BCUT2D eigenvalue weighted by atomic mass is 35.5. The van der Waals surface area contributed by atoms with Gasteiger partial charge in [-0.25, -0.2) is 8.42 Å². The van der Waals surface area contributed by atoms with Crippen LogP contribution in [0.25, 0.3) is 0 Å². The summed E-state index contributed by atoms with van der Waals surface area (Å²) in [6, 6.07) is 29.9. The van der Waals surface area contributed by atoms with E-state index in [1.807, 2.05) is 48.5 Å². The number of halogens is 1. The molecule has 0 saturated carbocycles. The maximum atomic E-state index is 13.0. The highest BCUT2D eigenvalue weighted by Gasteiger charge is 2.21. The van der Waals surface area contributed by atoms with Gasteiger partial charge in [0.15, 0.2) is 0 Å². The van der Waals surface area contributed by atoms with Crippen molar-refractivity contribution in [1.29, 1.82) is 0 Å². The van der Waals surface area contributed by atoms with E-state index >= 15 is 0 Å². The number of amides is 1. The Morgan fingerprint density at radius 3 is 2.15 bits per heavy atom. The fourth-order valence-corrected chi connectivity index (χ4v) is 5.54. The Kier molecular flexibility index (Phi) is 7.03. The third-order valence-corrected chi connectivity index (χ3v) is 7.56. The van der Waals surface area contributed by atoms with Crippen molar-refractivity contribution in [2.75, 3.05) is 10.0 Å². The minimum Gasteiger partial charge on any atom is -0.321 e. The molecule has 0 atom stereocenters. The summed E-state index contributed by atoms with van der Waals surface area (Å²) < 4.78 is 28.2. The number of hydrogen-bond donors (Lipinski definition) is 2. The SMILES string of the molecule is O=C(Nc1ccccc1Sc1ccccc1)c1ccc(Cl)c(S(=O)(=O)Nc2ccccc2)c1. The van der Waals surface area contributed by atoms with Gasteiger partial charge in [-0.15, -0.1) is 0 Å². The van der Waals surface area contributed by atoms with Crippen molar-refractivity contribution in [2.45, 2.75) is 14.7 Å². The third-order valence-electron chi connectivity index (χ3n) is 4.62. The molecule has 0 aliphatic carbocycles. The minimum atomic E-state index is -3.99. The third kappa shape index (κ3) is 5.76. The Labute approximate surface area is 201 Å². The lowest BCUT2D eigenvalue weighted by atomic mass is 10.2. The molecule has 0 heterocycles. The molecule has 0 aromatic heterocycles. The zero-order chi connectivity index (χ0) is 23.3. The molecule has 2 N–H and O–H groups in total. The molecule has 8 heteroatoms. The molecule has 33 heavy (non-hydrogen) atoms. The molecule has 4 aromatic carbocycles. The second-order valence-electron chi connectivity index (χ2n) is 6.98. The summed E-state index contributed by atoms with van der Waals surface area (Å²) in [5.41, 5.74) is 1.20. The monoisotopic (exact) mass is 494 g/mol. The van der Waals surface area contributed by atoms with Crippen LogP contribution in [0, 0.1) is 0 Å². The number of anilines is 2. The summed E-state index contributed by atoms with van der Waals surface area (Å²) in [6.07, 6.45) is 0. The number of nitrogens with one attached hydrogen (secondary N) is 2. The standard InChI is InChI=1S/C25H19ClN2O3S2/c26-21-16-15-18(17-24(21)33(30,31)28-19-9-3-1-4-10-19)25(29)27-22-13-7-8-14-23(22)32-20-11-5-2-6-12-20/h1-17,28H,(H,27,29). The lowest BCUT2D eigenvalue weighted by Crippen LogP contribution is -2.16. The average Bonchev–Trinajstić information content (AvgIpc) is 2.81. The molecule has 0 aliphatic heterocycles. The van der Waals surface area contributed by atoms with Crippen molar-refractivity contribution in [3.8, 4) is 0 Å². The molecule has 166 valence electrons. The van der Waals surface area contributed by atoms with Gasteiger partial charge in [-0.05, 0) is 54.6 Å². The van der Waals surface area contributed by atoms with Crippen molar-refractivity contribution in [1.82, 2.24) is 0 Å². The zero-order valence-electron chi connectivity index (χ0n) is 17.2. The van der Waals surface area contributed by atoms with E-state index in [1.54, 1.807) is 36.4 Å². The number of carbonyl (C=O) groups is 1. The number of carbonyl (C=O) groups excluding carboxylic acids is 1. The summed E-state index contributed by atoms with van der Waals surface area (Å²) in [5.74, 6) is -0.441. The van der Waals surface area contributed by atoms with E-state index < -0.39 is 15.9 Å². The van der Waals surface area contributed by atoms with E-state index in [1.165, 1.54) is 30.0 Å². The van der Waals surface area contributed by atoms with Crippen LogP contribution in [0.4, 0.5) is 11.4 Å². The largest absolute Gasteiger partial charge is 0.321 e. The van der Waals surface area contributed by atoms with Crippen molar-refractivity contribution >= 4 is 50.7 Å². The number of sulfonamides is 1. The average molecular weight is 495 g/mol. The van der Waals surface area contributed by atoms with Gasteiger partial charge in [0.25, 0.3) is 15.9 Å². The fraction of sp³-hybridized carbons (Fsp3) is 0. The van der Waals surface area contributed by atoms with Gasteiger partial charge in [0, 0.05) is 21.0 Å². The second kappa shape index (κ2) is 10.1. The second-order valence-corrected chi connectivity index (χ2v) is 10.2. The first-order valence-electron chi connectivity index (χ1n) is 9.93. The Morgan fingerprint density at radius 2 is 1.42 bits per heavy atom. The zero-order valence-corrected chi connectivity index (χ0v) is 19.6. The quantitative estimate of drug-likeness (QED) is 0.305. The molecule has 1 amide bonds. The van der Waals surface area contributed by atoms with Gasteiger partial charge in [0.05, 0.1) is 10.7 Å². The molecule has 0 spiro atoms.